The highest BCUT2D eigenvalue weighted by atomic mass is 32.1. The lowest BCUT2D eigenvalue weighted by Gasteiger charge is -2.18. The first kappa shape index (κ1) is 13.1. The molecule has 18 heavy (non-hydrogen) atoms. The Kier molecular flexibility index (Phi) is 4.06. The van der Waals surface area contributed by atoms with Crippen LogP contribution < -0.4 is 11.3 Å². The maximum absolute atomic E-state index is 5.74. The van der Waals surface area contributed by atoms with Gasteiger partial charge in [-0.2, -0.15) is 0 Å². The number of aromatic nitrogens is 2. The first-order valence-corrected chi connectivity index (χ1v) is 6.79. The highest BCUT2D eigenvalue weighted by molar-refractivity contribution is 7.05. The van der Waals surface area contributed by atoms with Gasteiger partial charge in [0.15, 0.2) is 0 Å². The topological polar surface area (TPSA) is 63.8 Å². The normalized spacial score (nSPS) is 12.7. The summed E-state index contributed by atoms with van der Waals surface area (Å²) in [6.45, 7) is 6.26. The Labute approximate surface area is 111 Å². The van der Waals surface area contributed by atoms with Crippen molar-refractivity contribution in [1.82, 2.24) is 15.0 Å². The van der Waals surface area contributed by atoms with Gasteiger partial charge in [0, 0.05) is 0 Å². The summed E-state index contributed by atoms with van der Waals surface area (Å²) in [4.78, 5) is 1.11. The highest BCUT2D eigenvalue weighted by Gasteiger charge is 2.20. The van der Waals surface area contributed by atoms with E-state index in [9.17, 15) is 0 Å². The first-order chi connectivity index (χ1) is 8.67. The molecule has 1 heterocycles. The number of benzene rings is 1. The summed E-state index contributed by atoms with van der Waals surface area (Å²) < 4.78 is 4.04. The maximum Gasteiger partial charge on any atom is 0.0840 e. The molecule has 0 saturated carbocycles. The van der Waals surface area contributed by atoms with Crippen LogP contribution in [0.4, 0.5) is 0 Å². The van der Waals surface area contributed by atoms with E-state index in [2.05, 4.69) is 54.0 Å². The molecule has 0 aliphatic rings. The van der Waals surface area contributed by atoms with Crippen molar-refractivity contribution in [3.05, 3.63) is 45.5 Å². The van der Waals surface area contributed by atoms with E-state index < -0.39 is 0 Å². The van der Waals surface area contributed by atoms with Crippen LogP contribution in [0.15, 0.2) is 18.2 Å². The zero-order valence-corrected chi connectivity index (χ0v) is 11.7. The van der Waals surface area contributed by atoms with Crippen molar-refractivity contribution in [3.8, 4) is 0 Å². The van der Waals surface area contributed by atoms with Crippen LogP contribution in [-0.2, 0) is 6.42 Å². The molecule has 1 unspecified atom stereocenters. The van der Waals surface area contributed by atoms with Crippen LogP contribution in [0, 0.1) is 13.8 Å². The van der Waals surface area contributed by atoms with E-state index in [1.54, 1.807) is 0 Å². The van der Waals surface area contributed by atoms with Gasteiger partial charge in [-0.05, 0) is 42.9 Å². The molecule has 4 nitrogen and oxygen atoms in total. The minimum atomic E-state index is -0.0279. The van der Waals surface area contributed by atoms with Crippen molar-refractivity contribution >= 4 is 11.5 Å². The molecule has 0 aliphatic heterocycles. The van der Waals surface area contributed by atoms with E-state index in [-0.39, 0.29) is 6.04 Å². The van der Waals surface area contributed by atoms with Crippen LogP contribution in [0.1, 0.15) is 40.2 Å². The third-order valence-electron chi connectivity index (χ3n) is 3.09. The molecular weight excluding hydrogens is 244 g/mol. The second-order valence-corrected chi connectivity index (χ2v) is 5.18. The number of nitrogens with zero attached hydrogens (tertiary/aromatic N) is 2. The Morgan fingerprint density at radius 2 is 2.17 bits per heavy atom. The third-order valence-corrected chi connectivity index (χ3v) is 3.93. The SMILES string of the molecule is CCc1nnsc1C(NN)c1cc(C)ccc1C. The summed E-state index contributed by atoms with van der Waals surface area (Å²) in [6.07, 6.45) is 0.870. The maximum atomic E-state index is 5.74. The molecule has 0 bridgehead atoms. The van der Waals surface area contributed by atoms with E-state index in [4.69, 9.17) is 5.84 Å². The van der Waals surface area contributed by atoms with Crippen LogP contribution in [0.2, 0.25) is 0 Å². The first-order valence-electron chi connectivity index (χ1n) is 6.01. The number of nitrogens with two attached hydrogens (primary N) is 1. The van der Waals surface area contributed by atoms with Crippen molar-refractivity contribution in [2.75, 3.05) is 0 Å². The van der Waals surface area contributed by atoms with Crippen LogP contribution in [0.3, 0.4) is 0 Å². The van der Waals surface area contributed by atoms with E-state index >= 15 is 0 Å². The Morgan fingerprint density at radius 3 is 2.83 bits per heavy atom. The number of aryl methyl sites for hydroxylation is 3. The molecule has 0 amide bonds. The largest absolute Gasteiger partial charge is 0.271 e. The summed E-state index contributed by atoms with van der Waals surface area (Å²) in [6, 6.07) is 6.37. The van der Waals surface area contributed by atoms with Crippen LogP contribution >= 0.6 is 11.5 Å². The minimum absolute atomic E-state index is 0.0279. The lowest BCUT2D eigenvalue weighted by molar-refractivity contribution is 0.635. The molecule has 2 rings (SSSR count). The predicted octanol–water partition coefficient (Wildman–Crippen LogP) is 2.27. The van der Waals surface area contributed by atoms with Gasteiger partial charge in [0.2, 0.25) is 0 Å². The summed E-state index contributed by atoms with van der Waals surface area (Å²) >= 11 is 1.41. The highest BCUT2D eigenvalue weighted by Crippen LogP contribution is 2.29. The van der Waals surface area contributed by atoms with Gasteiger partial charge >= 0.3 is 0 Å². The Hall–Kier alpha value is -1.30. The summed E-state index contributed by atoms with van der Waals surface area (Å²) in [5.41, 5.74) is 7.55. The van der Waals surface area contributed by atoms with Crippen LogP contribution in [0.5, 0.6) is 0 Å². The van der Waals surface area contributed by atoms with Crippen LogP contribution in [-0.4, -0.2) is 9.59 Å². The van der Waals surface area contributed by atoms with E-state index in [1.807, 2.05) is 0 Å². The minimum Gasteiger partial charge on any atom is -0.271 e. The summed E-state index contributed by atoms with van der Waals surface area (Å²) in [5, 5.41) is 4.15. The van der Waals surface area contributed by atoms with Crippen molar-refractivity contribution in [2.45, 2.75) is 33.2 Å². The molecule has 1 aromatic carbocycles. The van der Waals surface area contributed by atoms with Crippen molar-refractivity contribution in [2.24, 2.45) is 5.84 Å². The Balaban J connectivity index is 2.48. The molecule has 3 N–H and O–H groups in total. The fraction of sp³-hybridized carbons (Fsp3) is 0.385. The molecule has 0 fully saturated rings. The number of nitrogens with one attached hydrogen (secondary N) is 1. The predicted molar refractivity (Wildman–Crippen MR) is 74.4 cm³/mol. The average molecular weight is 262 g/mol. The van der Waals surface area contributed by atoms with Crippen molar-refractivity contribution in [1.29, 1.82) is 0 Å². The van der Waals surface area contributed by atoms with E-state index in [1.165, 1.54) is 28.2 Å². The summed E-state index contributed by atoms with van der Waals surface area (Å²) in [7, 11) is 0. The Bertz CT molecular complexity index is 536. The van der Waals surface area contributed by atoms with Gasteiger partial charge in [0.1, 0.15) is 0 Å². The Morgan fingerprint density at radius 1 is 1.39 bits per heavy atom. The zero-order valence-electron chi connectivity index (χ0n) is 10.9. The molecule has 96 valence electrons. The van der Waals surface area contributed by atoms with E-state index in [0.717, 1.165) is 17.0 Å². The number of hydrogen-bond donors (Lipinski definition) is 2. The zero-order chi connectivity index (χ0) is 13.1. The fourth-order valence-corrected chi connectivity index (χ4v) is 2.88. The summed E-state index contributed by atoms with van der Waals surface area (Å²) in [5.74, 6) is 5.74. The molecule has 0 saturated heterocycles. The number of hydrogen-bond acceptors (Lipinski definition) is 5. The molecular formula is C13H18N4S. The van der Waals surface area contributed by atoms with Gasteiger partial charge in [0.25, 0.3) is 0 Å². The van der Waals surface area contributed by atoms with Crippen molar-refractivity contribution < 1.29 is 0 Å². The molecule has 0 spiro atoms. The van der Waals surface area contributed by atoms with Gasteiger partial charge in [-0.3, -0.25) is 5.84 Å². The lowest BCUT2D eigenvalue weighted by atomic mass is 9.97. The molecule has 1 atom stereocenters. The van der Waals surface area contributed by atoms with E-state index in [0.29, 0.717) is 0 Å². The molecule has 5 heteroatoms. The van der Waals surface area contributed by atoms with Gasteiger partial charge in [0.05, 0.1) is 16.6 Å². The van der Waals surface area contributed by atoms with Crippen molar-refractivity contribution in [3.63, 3.8) is 0 Å². The van der Waals surface area contributed by atoms with Gasteiger partial charge < -0.3 is 0 Å². The molecule has 1 aromatic heterocycles. The standard InChI is InChI=1S/C13H18N4S/c1-4-11-13(18-17-16-11)12(15-14)10-7-8(2)5-6-9(10)3/h5-7,12,15H,4,14H2,1-3H3. The van der Waals surface area contributed by atoms with Gasteiger partial charge in [-0.25, -0.2) is 5.43 Å². The molecule has 2 aromatic rings. The quantitative estimate of drug-likeness (QED) is 0.655. The van der Waals surface area contributed by atoms with Gasteiger partial charge in [-0.1, -0.05) is 35.2 Å². The number of hydrazine groups is 1. The monoisotopic (exact) mass is 262 g/mol. The lowest BCUT2D eigenvalue weighted by Crippen LogP contribution is -2.29. The molecule has 0 aliphatic carbocycles. The third kappa shape index (κ3) is 2.43. The van der Waals surface area contributed by atoms with Crippen LogP contribution in [0.25, 0.3) is 0 Å². The van der Waals surface area contributed by atoms with Gasteiger partial charge in [-0.15, -0.1) is 5.10 Å². The second kappa shape index (κ2) is 5.56. The smallest absolute Gasteiger partial charge is 0.0840 e. The second-order valence-electron chi connectivity index (χ2n) is 4.40. The number of rotatable bonds is 4. The average Bonchev–Trinajstić information content (AvgIpc) is 2.83. The fourth-order valence-electron chi connectivity index (χ4n) is 2.06. The molecule has 0 radical (unpaired) electrons.